The molecular weight excluding hydrogens is 354 g/mol. The molecule has 1 fully saturated rings. The summed E-state index contributed by atoms with van der Waals surface area (Å²) in [5.74, 6) is 0.127. The van der Waals surface area contributed by atoms with E-state index in [0.29, 0.717) is 13.0 Å². The molecule has 0 bridgehead atoms. The van der Waals surface area contributed by atoms with Gasteiger partial charge in [0.05, 0.1) is 6.54 Å². The summed E-state index contributed by atoms with van der Waals surface area (Å²) in [6, 6.07) is 2.05. The van der Waals surface area contributed by atoms with Gasteiger partial charge in [0.1, 0.15) is 5.60 Å². The van der Waals surface area contributed by atoms with Gasteiger partial charge in [-0.1, -0.05) is 0 Å². The predicted octanol–water partition coefficient (Wildman–Crippen LogP) is 4.11. The Kier molecular flexibility index (Phi) is 4.78. The predicted molar refractivity (Wildman–Crippen MR) is 86.9 cm³/mol. The van der Waals surface area contributed by atoms with Crippen molar-refractivity contribution in [1.82, 2.24) is 4.90 Å². The van der Waals surface area contributed by atoms with Crippen LogP contribution in [0, 0.1) is 6.92 Å². The van der Waals surface area contributed by atoms with Crippen LogP contribution in [-0.4, -0.2) is 35.5 Å². The Bertz CT molecular complexity index is 562. The highest BCUT2D eigenvalue weighted by atomic mass is 79.9. The average Bonchev–Trinajstić information content (AvgIpc) is 2.65. The molecule has 1 amide bonds. The van der Waals surface area contributed by atoms with E-state index in [-0.39, 0.29) is 18.2 Å². The van der Waals surface area contributed by atoms with Crippen LogP contribution in [0.4, 0.5) is 4.79 Å². The van der Waals surface area contributed by atoms with Gasteiger partial charge in [0, 0.05) is 33.1 Å². The number of halogens is 1. The fourth-order valence-electron chi connectivity index (χ4n) is 2.37. The third-order valence-corrected chi connectivity index (χ3v) is 5.27. The maximum Gasteiger partial charge on any atom is 0.410 e. The molecular formula is C15H20BrNO3S. The summed E-state index contributed by atoms with van der Waals surface area (Å²) in [5, 5.41) is 0. The number of amides is 1. The zero-order chi connectivity index (χ0) is 15.8. The number of ketones is 1. The Labute approximate surface area is 137 Å². The number of carbonyl (C=O) groups is 2. The Hall–Kier alpha value is -0.880. The molecule has 1 aliphatic rings. The number of rotatable bonds is 1. The van der Waals surface area contributed by atoms with Crippen LogP contribution in [0.2, 0.25) is 0 Å². The monoisotopic (exact) mass is 373 g/mol. The number of hydrogen-bond donors (Lipinski definition) is 0. The molecule has 21 heavy (non-hydrogen) atoms. The Morgan fingerprint density at radius 1 is 1.48 bits per heavy atom. The summed E-state index contributed by atoms with van der Waals surface area (Å²) in [4.78, 5) is 28.0. The van der Waals surface area contributed by atoms with E-state index in [1.807, 2.05) is 27.7 Å². The average molecular weight is 374 g/mol. The van der Waals surface area contributed by atoms with Crippen LogP contribution < -0.4 is 0 Å². The first-order chi connectivity index (χ1) is 9.65. The lowest BCUT2D eigenvalue weighted by atomic mass is 9.96. The molecule has 1 aliphatic heterocycles. The molecule has 0 saturated carbocycles. The maximum absolute atomic E-state index is 12.2. The molecule has 1 saturated heterocycles. The standard InChI is InChI=1S/C15H20BrNO3S/c1-9-5-12(16)13(21-9)10-6-11(18)8-17(7-10)14(19)20-15(2,3)4/h5,10H,6-8H2,1-4H3. The molecule has 2 heterocycles. The Morgan fingerprint density at radius 2 is 2.14 bits per heavy atom. The molecule has 116 valence electrons. The van der Waals surface area contributed by atoms with Crippen molar-refractivity contribution in [3.63, 3.8) is 0 Å². The zero-order valence-corrected chi connectivity index (χ0v) is 15.1. The first-order valence-corrected chi connectivity index (χ1v) is 8.52. The van der Waals surface area contributed by atoms with Crippen molar-refractivity contribution < 1.29 is 14.3 Å². The van der Waals surface area contributed by atoms with Gasteiger partial charge < -0.3 is 9.64 Å². The van der Waals surface area contributed by atoms with Crippen molar-refractivity contribution in [2.75, 3.05) is 13.1 Å². The van der Waals surface area contributed by atoms with E-state index < -0.39 is 11.7 Å². The summed E-state index contributed by atoms with van der Waals surface area (Å²) >= 11 is 5.21. The van der Waals surface area contributed by atoms with Gasteiger partial charge in [-0.15, -0.1) is 11.3 Å². The van der Waals surface area contributed by atoms with Crippen LogP contribution in [0.3, 0.4) is 0 Å². The van der Waals surface area contributed by atoms with Crippen molar-refractivity contribution in [1.29, 1.82) is 0 Å². The highest BCUT2D eigenvalue weighted by molar-refractivity contribution is 9.10. The quantitative estimate of drug-likeness (QED) is 0.743. The van der Waals surface area contributed by atoms with Crippen molar-refractivity contribution in [2.45, 2.75) is 45.6 Å². The van der Waals surface area contributed by atoms with Gasteiger partial charge in [-0.2, -0.15) is 0 Å². The number of Topliss-reactive ketones (excluding diaryl/α,β-unsaturated/α-hetero) is 1. The molecule has 0 spiro atoms. The third-order valence-electron chi connectivity index (χ3n) is 3.14. The maximum atomic E-state index is 12.2. The normalized spacial score (nSPS) is 19.8. The van der Waals surface area contributed by atoms with Crippen LogP contribution in [0.1, 0.15) is 42.9 Å². The van der Waals surface area contributed by atoms with Crippen LogP contribution in [0.5, 0.6) is 0 Å². The second kappa shape index (κ2) is 6.08. The van der Waals surface area contributed by atoms with E-state index in [1.165, 1.54) is 9.78 Å². The topological polar surface area (TPSA) is 46.6 Å². The number of ether oxygens (including phenoxy) is 1. The van der Waals surface area contributed by atoms with E-state index in [4.69, 9.17) is 4.74 Å². The lowest BCUT2D eigenvalue weighted by molar-refractivity contribution is -0.122. The highest BCUT2D eigenvalue weighted by Gasteiger charge is 2.33. The van der Waals surface area contributed by atoms with Crippen LogP contribution in [0.25, 0.3) is 0 Å². The summed E-state index contributed by atoms with van der Waals surface area (Å²) in [7, 11) is 0. The van der Waals surface area contributed by atoms with Gasteiger partial charge in [-0.25, -0.2) is 4.79 Å². The molecule has 1 aromatic heterocycles. The van der Waals surface area contributed by atoms with Crippen molar-refractivity contribution >= 4 is 39.1 Å². The molecule has 0 radical (unpaired) electrons. The van der Waals surface area contributed by atoms with Crippen molar-refractivity contribution in [2.24, 2.45) is 0 Å². The summed E-state index contributed by atoms with van der Waals surface area (Å²) < 4.78 is 6.39. The number of piperidine rings is 1. The molecule has 0 aliphatic carbocycles. The number of nitrogens with zero attached hydrogens (tertiary/aromatic N) is 1. The number of likely N-dealkylation sites (tertiary alicyclic amines) is 1. The third kappa shape index (κ3) is 4.30. The molecule has 1 unspecified atom stereocenters. The minimum absolute atomic E-state index is 0.0480. The molecule has 4 nitrogen and oxygen atoms in total. The number of carbonyl (C=O) groups excluding carboxylic acids is 2. The molecule has 2 rings (SSSR count). The number of hydrogen-bond acceptors (Lipinski definition) is 4. The van der Waals surface area contributed by atoms with Gasteiger partial charge in [0.25, 0.3) is 0 Å². The summed E-state index contributed by atoms with van der Waals surface area (Å²) in [5.41, 5.74) is -0.548. The van der Waals surface area contributed by atoms with E-state index >= 15 is 0 Å². The molecule has 1 atom stereocenters. The zero-order valence-electron chi connectivity index (χ0n) is 12.7. The minimum Gasteiger partial charge on any atom is -0.444 e. The Balaban J connectivity index is 2.14. The van der Waals surface area contributed by atoms with Gasteiger partial charge in [0.15, 0.2) is 5.78 Å². The van der Waals surface area contributed by atoms with Gasteiger partial charge >= 0.3 is 6.09 Å². The largest absolute Gasteiger partial charge is 0.444 e. The van der Waals surface area contributed by atoms with E-state index in [0.717, 1.165) is 9.35 Å². The number of thiophene rings is 1. The van der Waals surface area contributed by atoms with Crippen LogP contribution >= 0.6 is 27.3 Å². The molecule has 6 heteroatoms. The highest BCUT2D eigenvalue weighted by Crippen LogP contribution is 2.37. The van der Waals surface area contributed by atoms with Crippen LogP contribution in [-0.2, 0) is 9.53 Å². The van der Waals surface area contributed by atoms with E-state index in [1.54, 1.807) is 11.3 Å². The van der Waals surface area contributed by atoms with E-state index in [2.05, 4.69) is 22.0 Å². The first kappa shape index (κ1) is 16.5. The first-order valence-electron chi connectivity index (χ1n) is 6.91. The summed E-state index contributed by atoms with van der Waals surface area (Å²) in [6.07, 6.45) is 0.0719. The molecule has 0 aromatic carbocycles. The lowest BCUT2D eigenvalue weighted by Gasteiger charge is -2.33. The SMILES string of the molecule is Cc1cc(Br)c(C2CC(=O)CN(C(=O)OC(C)(C)C)C2)s1. The smallest absolute Gasteiger partial charge is 0.410 e. The molecule has 1 aromatic rings. The van der Waals surface area contributed by atoms with Gasteiger partial charge in [-0.05, 0) is 49.7 Å². The second-order valence-electron chi connectivity index (χ2n) is 6.37. The van der Waals surface area contributed by atoms with E-state index in [9.17, 15) is 9.59 Å². The minimum atomic E-state index is -0.548. The van der Waals surface area contributed by atoms with Crippen molar-refractivity contribution in [3.8, 4) is 0 Å². The van der Waals surface area contributed by atoms with Crippen LogP contribution in [0.15, 0.2) is 10.5 Å². The fraction of sp³-hybridized carbons (Fsp3) is 0.600. The van der Waals surface area contributed by atoms with Crippen molar-refractivity contribution in [3.05, 3.63) is 20.3 Å². The van der Waals surface area contributed by atoms with Gasteiger partial charge in [0.2, 0.25) is 0 Å². The number of aryl methyl sites for hydroxylation is 1. The lowest BCUT2D eigenvalue weighted by Crippen LogP contribution is -2.45. The molecule has 0 N–H and O–H groups in total. The second-order valence-corrected chi connectivity index (χ2v) is 8.51. The summed E-state index contributed by atoms with van der Waals surface area (Å²) in [6.45, 7) is 8.19. The fourth-order valence-corrected chi connectivity index (χ4v) is 4.43. The Morgan fingerprint density at radius 3 is 2.67 bits per heavy atom. The van der Waals surface area contributed by atoms with Gasteiger partial charge in [-0.3, -0.25) is 4.79 Å².